The predicted octanol–water partition coefficient (Wildman–Crippen LogP) is 1.36. The van der Waals surface area contributed by atoms with Crippen LogP contribution in [-0.2, 0) is 16.0 Å². The van der Waals surface area contributed by atoms with Gasteiger partial charge in [0, 0.05) is 19.9 Å². The molecule has 7 heteroatoms. The van der Waals surface area contributed by atoms with Gasteiger partial charge in [0.1, 0.15) is 17.0 Å². The summed E-state index contributed by atoms with van der Waals surface area (Å²) in [6.07, 6.45) is 7.55. The Bertz CT molecular complexity index is 831. The molecule has 0 bridgehead atoms. The highest BCUT2D eigenvalue weighted by Gasteiger charge is 2.71. The first-order valence-corrected chi connectivity index (χ1v) is 8.88. The second kappa shape index (κ2) is 5.94. The van der Waals surface area contributed by atoms with Gasteiger partial charge in [0.25, 0.3) is 0 Å². The summed E-state index contributed by atoms with van der Waals surface area (Å²) in [6.45, 7) is 0. The highest BCUT2D eigenvalue weighted by molar-refractivity contribution is 6.00. The van der Waals surface area contributed by atoms with Gasteiger partial charge in [-0.2, -0.15) is 0 Å². The lowest BCUT2D eigenvalue weighted by atomic mass is 9.84. The van der Waals surface area contributed by atoms with Crippen molar-refractivity contribution in [3.63, 3.8) is 0 Å². The van der Waals surface area contributed by atoms with E-state index in [1.807, 2.05) is 31.3 Å². The van der Waals surface area contributed by atoms with Gasteiger partial charge < -0.3 is 14.8 Å². The fraction of sp³-hybridized carbons (Fsp3) is 0.400. The Kier molecular flexibility index (Phi) is 3.90. The topological polar surface area (TPSA) is 79.9 Å². The molecule has 4 rings (SSSR count). The molecule has 0 aromatic heterocycles. The Labute approximate surface area is 158 Å². The molecule has 142 valence electrons. The van der Waals surface area contributed by atoms with Crippen molar-refractivity contribution in [2.24, 2.45) is 0 Å². The van der Waals surface area contributed by atoms with Gasteiger partial charge in [-0.05, 0) is 49.0 Å². The minimum atomic E-state index is -0.956. The molecule has 2 heterocycles. The minimum absolute atomic E-state index is 0.0682. The predicted molar refractivity (Wildman–Crippen MR) is 99.2 cm³/mol. The molecular formula is C20H23N3O4. The van der Waals surface area contributed by atoms with Crippen molar-refractivity contribution in [2.75, 3.05) is 21.2 Å². The number of likely N-dealkylation sites (N-methyl/N-ethyl adjacent to an activating group) is 2. The van der Waals surface area contributed by atoms with Crippen molar-refractivity contribution < 1.29 is 19.1 Å². The molecule has 2 atom stereocenters. The summed E-state index contributed by atoms with van der Waals surface area (Å²) >= 11 is 0. The highest BCUT2D eigenvalue weighted by atomic mass is 16.6. The lowest BCUT2D eigenvalue weighted by Crippen LogP contribution is -2.65. The van der Waals surface area contributed by atoms with Gasteiger partial charge in [-0.3, -0.25) is 15.0 Å². The monoisotopic (exact) mass is 369 g/mol. The Morgan fingerprint density at radius 1 is 1.22 bits per heavy atom. The number of nitrogens with zero attached hydrogens (tertiary/aromatic N) is 1. The molecule has 1 aliphatic carbocycles. The molecule has 2 aliphatic heterocycles. The number of ketones is 1. The first-order chi connectivity index (χ1) is 12.9. The van der Waals surface area contributed by atoms with E-state index in [4.69, 9.17) is 9.47 Å². The summed E-state index contributed by atoms with van der Waals surface area (Å²) in [5, 5.41) is 6.36. The second-order valence-electron chi connectivity index (χ2n) is 7.26. The van der Waals surface area contributed by atoms with Gasteiger partial charge in [0.05, 0.1) is 7.11 Å². The van der Waals surface area contributed by atoms with E-state index in [0.29, 0.717) is 12.8 Å². The number of urea groups is 1. The van der Waals surface area contributed by atoms with Crippen molar-refractivity contribution in [1.82, 2.24) is 15.5 Å². The quantitative estimate of drug-likeness (QED) is 0.838. The number of fused-ring (bicyclic) bond motifs is 1. The second-order valence-corrected chi connectivity index (χ2v) is 7.26. The van der Waals surface area contributed by atoms with E-state index in [-0.39, 0.29) is 11.8 Å². The number of ether oxygens (including phenoxy) is 2. The number of methoxy groups -OCH3 is 1. The number of nitrogens with one attached hydrogen (secondary N) is 2. The third-order valence-corrected chi connectivity index (χ3v) is 5.82. The van der Waals surface area contributed by atoms with Crippen molar-refractivity contribution in [3.05, 3.63) is 54.1 Å². The summed E-state index contributed by atoms with van der Waals surface area (Å²) < 4.78 is 11.8. The van der Waals surface area contributed by atoms with Gasteiger partial charge in [-0.1, -0.05) is 12.1 Å². The zero-order valence-electron chi connectivity index (χ0n) is 15.6. The van der Waals surface area contributed by atoms with Crippen LogP contribution in [0.5, 0.6) is 5.75 Å². The lowest BCUT2D eigenvalue weighted by molar-refractivity contribution is -0.141. The van der Waals surface area contributed by atoms with Crippen LogP contribution in [0.4, 0.5) is 4.79 Å². The van der Waals surface area contributed by atoms with E-state index in [1.165, 1.54) is 12.2 Å². The van der Waals surface area contributed by atoms with Crippen LogP contribution in [0.1, 0.15) is 12.0 Å². The maximum Gasteiger partial charge on any atom is 0.321 e. The Hall–Kier alpha value is -2.64. The van der Waals surface area contributed by atoms with E-state index in [0.717, 1.165) is 11.3 Å². The Morgan fingerprint density at radius 2 is 1.89 bits per heavy atom. The average Bonchev–Trinajstić information content (AvgIpc) is 3.04. The molecule has 0 unspecified atom stereocenters. The number of benzene rings is 1. The lowest BCUT2D eigenvalue weighted by Gasteiger charge is -2.41. The fourth-order valence-corrected chi connectivity index (χ4v) is 4.33. The summed E-state index contributed by atoms with van der Waals surface area (Å²) in [6, 6.07) is 7.51. The first-order valence-electron chi connectivity index (χ1n) is 8.88. The Balaban J connectivity index is 1.77. The largest absolute Gasteiger partial charge is 0.497 e. The SMILES string of the molecule is CN[C@]12CC3(C=CC(=O)C=C3)O[C@]1(Cc1ccc(OC)cc1)N(C)C(=O)N2. The molecule has 3 aliphatic rings. The minimum Gasteiger partial charge on any atom is -0.497 e. The van der Waals surface area contributed by atoms with Crippen molar-refractivity contribution in [1.29, 1.82) is 0 Å². The van der Waals surface area contributed by atoms with Gasteiger partial charge >= 0.3 is 6.03 Å². The van der Waals surface area contributed by atoms with Gasteiger partial charge in [-0.25, -0.2) is 4.79 Å². The maximum atomic E-state index is 12.6. The van der Waals surface area contributed by atoms with E-state index in [9.17, 15) is 9.59 Å². The van der Waals surface area contributed by atoms with Crippen LogP contribution in [-0.4, -0.2) is 54.9 Å². The maximum absolute atomic E-state index is 12.6. The van der Waals surface area contributed by atoms with Crippen molar-refractivity contribution >= 4 is 11.8 Å². The molecule has 2 N–H and O–H groups in total. The van der Waals surface area contributed by atoms with Crippen LogP contribution in [0.2, 0.25) is 0 Å². The molecule has 1 aromatic carbocycles. The van der Waals surface area contributed by atoms with Crippen molar-refractivity contribution in [2.45, 2.75) is 29.8 Å². The fourth-order valence-electron chi connectivity index (χ4n) is 4.33. The van der Waals surface area contributed by atoms with Crippen LogP contribution in [0.25, 0.3) is 0 Å². The number of hydrogen-bond acceptors (Lipinski definition) is 5. The number of carbonyl (C=O) groups excluding carboxylic acids is 2. The van der Waals surface area contributed by atoms with Crippen LogP contribution < -0.4 is 15.4 Å². The molecule has 27 heavy (non-hydrogen) atoms. The summed E-state index contributed by atoms with van der Waals surface area (Å²) in [4.78, 5) is 25.8. The number of carbonyl (C=O) groups is 2. The summed E-state index contributed by atoms with van der Waals surface area (Å²) in [7, 11) is 5.17. The zero-order valence-corrected chi connectivity index (χ0v) is 15.6. The Morgan fingerprint density at radius 3 is 2.48 bits per heavy atom. The smallest absolute Gasteiger partial charge is 0.321 e. The third kappa shape index (κ3) is 2.49. The molecule has 0 saturated carbocycles. The molecule has 2 saturated heterocycles. The number of allylic oxidation sites excluding steroid dienone is 2. The van der Waals surface area contributed by atoms with Crippen LogP contribution >= 0.6 is 0 Å². The van der Waals surface area contributed by atoms with E-state index in [2.05, 4.69) is 10.6 Å². The molecule has 7 nitrogen and oxygen atoms in total. The summed E-state index contributed by atoms with van der Waals surface area (Å²) in [5.74, 6) is 0.701. The van der Waals surface area contributed by atoms with Crippen LogP contribution in [0, 0.1) is 0 Å². The van der Waals surface area contributed by atoms with Crippen molar-refractivity contribution in [3.8, 4) is 5.75 Å². The molecule has 2 fully saturated rings. The zero-order chi connectivity index (χ0) is 19.3. The third-order valence-electron chi connectivity index (χ3n) is 5.82. The number of amides is 2. The summed E-state index contributed by atoms with van der Waals surface area (Å²) in [5.41, 5.74) is -1.50. The highest BCUT2D eigenvalue weighted by Crippen LogP contribution is 2.52. The molecule has 1 spiro atoms. The van der Waals surface area contributed by atoms with E-state index < -0.39 is 17.0 Å². The normalized spacial score (nSPS) is 30.7. The molecular weight excluding hydrogens is 346 g/mol. The number of hydrogen-bond donors (Lipinski definition) is 2. The average molecular weight is 369 g/mol. The van der Waals surface area contributed by atoms with Crippen LogP contribution in [0.3, 0.4) is 0 Å². The number of rotatable bonds is 4. The van der Waals surface area contributed by atoms with E-state index >= 15 is 0 Å². The van der Waals surface area contributed by atoms with Gasteiger partial charge in [-0.15, -0.1) is 0 Å². The van der Waals surface area contributed by atoms with Gasteiger partial charge in [0.2, 0.25) is 0 Å². The molecule has 2 amide bonds. The van der Waals surface area contributed by atoms with E-state index in [1.54, 1.807) is 31.2 Å². The first kappa shape index (κ1) is 17.8. The molecule has 0 radical (unpaired) electrons. The van der Waals surface area contributed by atoms with Crippen LogP contribution in [0.15, 0.2) is 48.6 Å². The standard InChI is InChI=1S/C20H23N3O4/c1-21-19-13-18(10-8-15(24)9-11-18)27-20(19,23(2)17(25)22-19)12-14-4-6-16(26-3)7-5-14/h4-11,21H,12-13H2,1-3H3,(H,22,25)/t19-,20-/m0/s1. The van der Waals surface area contributed by atoms with Gasteiger partial charge in [0.15, 0.2) is 11.5 Å². The molecule has 1 aromatic rings.